The molecule has 1 aromatic rings. The van der Waals surface area contributed by atoms with Crippen LogP contribution in [0.25, 0.3) is 18.5 Å². The zero-order valence-electron chi connectivity index (χ0n) is 6.04. The summed E-state index contributed by atoms with van der Waals surface area (Å²) in [5.41, 5.74) is 0. The molecule has 1 rings (SSSR count). The third-order valence-electron chi connectivity index (χ3n) is 0.829. The van der Waals surface area contributed by atoms with Crippen molar-refractivity contribution in [3.8, 4) is 0 Å². The average molecular weight is 322 g/mol. The van der Waals surface area contributed by atoms with Crippen LogP contribution in [0.5, 0.6) is 0 Å². The van der Waals surface area contributed by atoms with Crippen molar-refractivity contribution < 1.29 is 25.8 Å². The molecule has 0 aromatic heterocycles. The molecule has 0 radical (unpaired) electrons. The molecule has 0 aliphatic rings. The average Bonchev–Trinajstić information content (AvgIpc) is 1.86. The molecule has 0 atom stereocenters. The van der Waals surface area contributed by atoms with Crippen molar-refractivity contribution in [1.82, 2.24) is 0 Å². The first-order valence-corrected chi connectivity index (χ1v) is 3.08. The molecule has 0 bridgehead atoms. The number of rotatable bonds is 0. The summed E-state index contributed by atoms with van der Waals surface area (Å²) in [7, 11) is 1.20. The van der Waals surface area contributed by atoms with Gasteiger partial charge in [-0.05, 0) is 10.2 Å². The first kappa shape index (κ1) is 22.4. The van der Waals surface area contributed by atoms with Crippen LogP contribution in [0, 0.1) is 0 Å². The smallest absolute Gasteiger partial charge is 0.693 e. The van der Waals surface area contributed by atoms with E-state index in [4.69, 9.17) is 0 Å². The van der Waals surface area contributed by atoms with Crippen LogP contribution in [0.2, 0.25) is 0 Å². The van der Waals surface area contributed by atoms with Crippen LogP contribution in [0.3, 0.4) is 0 Å². The number of hydrogen-bond acceptors (Lipinski definition) is 0. The molecule has 0 amide bonds. The van der Waals surface area contributed by atoms with Gasteiger partial charge in [0.2, 0.25) is 0 Å². The van der Waals surface area contributed by atoms with Crippen LogP contribution >= 0.6 is 0 Å². The molecule has 0 aliphatic carbocycles. The van der Waals surface area contributed by atoms with E-state index in [9.17, 15) is 0 Å². The SMILES string of the molecule is [Hf+4].[NH2-].[NH2-].[NH2-].[SiH3][c-]1cccc1. The zero-order valence-corrected chi connectivity index (χ0v) is 11.6. The van der Waals surface area contributed by atoms with Crippen LogP contribution in [-0.4, -0.2) is 10.2 Å². The first-order valence-electron chi connectivity index (χ1n) is 2.08. The van der Waals surface area contributed by atoms with Gasteiger partial charge in [0, 0.05) is 0 Å². The summed E-state index contributed by atoms with van der Waals surface area (Å²) in [4.78, 5) is 0. The Hall–Kier alpha value is 0.317. The second-order valence-electron chi connectivity index (χ2n) is 1.46. The van der Waals surface area contributed by atoms with Crippen molar-refractivity contribution in [3.05, 3.63) is 42.7 Å². The molecule has 0 saturated carbocycles. The molecule has 0 spiro atoms. The van der Waals surface area contributed by atoms with E-state index in [2.05, 4.69) is 24.3 Å². The second-order valence-corrected chi connectivity index (χ2v) is 2.62. The van der Waals surface area contributed by atoms with Crippen LogP contribution < -0.4 is 5.19 Å². The van der Waals surface area contributed by atoms with E-state index in [1.54, 1.807) is 0 Å². The second kappa shape index (κ2) is 12.0. The normalized spacial score (nSPS) is 5.60. The largest absolute Gasteiger partial charge is 4.00 e. The van der Waals surface area contributed by atoms with Gasteiger partial charge in [-0.1, -0.05) is 0 Å². The Morgan fingerprint density at radius 2 is 1.20 bits per heavy atom. The maximum absolute atomic E-state index is 2.15. The van der Waals surface area contributed by atoms with Crippen LogP contribution in [0.15, 0.2) is 24.3 Å². The predicted molar refractivity (Wildman–Crippen MR) is 47.5 cm³/mol. The maximum atomic E-state index is 2.15. The fourth-order valence-electron chi connectivity index (χ4n) is 0.470. The van der Waals surface area contributed by atoms with Gasteiger partial charge in [0.1, 0.15) is 0 Å². The van der Waals surface area contributed by atoms with Crippen molar-refractivity contribution in [2.75, 3.05) is 0 Å². The minimum Gasteiger partial charge on any atom is -0.693 e. The number of hydrogen-bond donors (Lipinski definition) is 0. The molecule has 1 aromatic carbocycles. The van der Waals surface area contributed by atoms with Crippen molar-refractivity contribution >= 4 is 15.4 Å². The Labute approximate surface area is 83.9 Å². The molecular weight excluding hydrogens is 309 g/mol. The van der Waals surface area contributed by atoms with E-state index >= 15 is 0 Å². The molecule has 10 heavy (non-hydrogen) atoms. The topological polar surface area (TPSA) is 100 Å². The number of nitrogens with two attached hydrogens (primary N) is 3. The van der Waals surface area contributed by atoms with Crippen molar-refractivity contribution in [2.45, 2.75) is 0 Å². The maximum Gasteiger partial charge on any atom is 4.00 e. The van der Waals surface area contributed by atoms with Crippen molar-refractivity contribution in [2.24, 2.45) is 0 Å². The summed E-state index contributed by atoms with van der Waals surface area (Å²) < 4.78 is 0. The quantitative estimate of drug-likeness (QED) is 0.511. The first-order chi connectivity index (χ1) is 2.89. The van der Waals surface area contributed by atoms with Crippen molar-refractivity contribution in [3.63, 3.8) is 0 Å². The van der Waals surface area contributed by atoms with Crippen LogP contribution in [0.4, 0.5) is 0 Å². The van der Waals surface area contributed by atoms with Crippen LogP contribution in [0.1, 0.15) is 0 Å². The minimum absolute atomic E-state index is 0. The monoisotopic (exact) mass is 323 g/mol. The van der Waals surface area contributed by atoms with Gasteiger partial charge in [-0.2, -0.15) is 17.3 Å². The van der Waals surface area contributed by atoms with E-state index in [0.29, 0.717) is 0 Å². The molecule has 0 saturated heterocycles. The zero-order chi connectivity index (χ0) is 4.41. The molecule has 0 unspecified atom stereocenters. The molecule has 6 N–H and O–H groups in total. The molecule has 0 aliphatic heterocycles. The summed E-state index contributed by atoms with van der Waals surface area (Å²) >= 11 is 0. The van der Waals surface area contributed by atoms with Gasteiger partial charge >= 0.3 is 25.8 Å². The van der Waals surface area contributed by atoms with Gasteiger partial charge < -0.3 is 18.5 Å². The van der Waals surface area contributed by atoms with E-state index in [-0.39, 0.29) is 44.3 Å². The molecule has 56 valence electrons. The molecule has 0 fully saturated rings. The van der Waals surface area contributed by atoms with Gasteiger partial charge in [0.25, 0.3) is 0 Å². The third-order valence-corrected chi connectivity index (χ3v) is 1.50. The van der Waals surface area contributed by atoms with E-state index in [1.807, 2.05) is 0 Å². The van der Waals surface area contributed by atoms with Gasteiger partial charge in [-0.3, -0.25) is 0 Å². The third kappa shape index (κ3) is 8.32. The van der Waals surface area contributed by atoms with Crippen molar-refractivity contribution in [1.29, 1.82) is 0 Å². The summed E-state index contributed by atoms with van der Waals surface area (Å²) in [5, 5.41) is 1.48. The molecule has 3 nitrogen and oxygen atoms in total. The Morgan fingerprint density at radius 1 is 0.900 bits per heavy atom. The van der Waals surface area contributed by atoms with Gasteiger partial charge in [0.15, 0.2) is 0 Å². The van der Waals surface area contributed by atoms with E-state index < -0.39 is 0 Å². The fourth-order valence-corrected chi connectivity index (χ4v) is 0.855. The summed E-state index contributed by atoms with van der Waals surface area (Å²) in [6, 6.07) is 8.43. The van der Waals surface area contributed by atoms with Gasteiger partial charge in [0.05, 0.1) is 0 Å². The Morgan fingerprint density at radius 3 is 1.30 bits per heavy atom. The van der Waals surface area contributed by atoms with Crippen LogP contribution in [-0.2, 0) is 25.8 Å². The van der Waals surface area contributed by atoms with Gasteiger partial charge in [-0.25, -0.2) is 12.1 Å². The minimum atomic E-state index is 0. The van der Waals surface area contributed by atoms with E-state index in [0.717, 1.165) is 0 Å². The fraction of sp³-hybridized carbons (Fsp3) is 0. The summed E-state index contributed by atoms with van der Waals surface area (Å²) in [6.07, 6.45) is 0. The molecule has 5 heteroatoms. The Bertz CT molecular complexity index is 120. The summed E-state index contributed by atoms with van der Waals surface area (Å²) in [5.74, 6) is 0. The molecular formula is C5H13HfN3Si. The Kier molecular flexibility index (Phi) is 27.0. The Balaban J connectivity index is -0.0000000450. The predicted octanol–water partition coefficient (Wildman–Crippen LogP) is 1.54. The van der Waals surface area contributed by atoms with Gasteiger partial charge in [-0.15, -0.1) is 0 Å². The standard InChI is InChI=1S/C5H7Si.Hf.3H2N/c6-5-3-1-2-4-5;;;;/h1-4H,6H3;;3*1H2/q-1;+4;3*-1. The summed E-state index contributed by atoms with van der Waals surface area (Å²) in [6.45, 7) is 0. The molecule has 0 heterocycles. The van der Waals surface area contributed by atoms with E-state index in [1.165, 1.54) is 15.4 Å².